The molecule has 2 amide bonds. The van der Waals surface area contributed by atoms with Gasteiger partial charge in [-0.3, -0.25) is 14.4 Å². The van der Waals surface area contributed by atoms with Crippen LogP contribution in [-0.2, 0) is 9.59 Å². The lowest BCUT2D eigenvalue weighted by Crippen LogP contribution is -2.42. The normalized spacial score (nSPS) is 11.4. The molecule has 0 spiro atoms. The van der Waals surface area contributed by atoms with E-state index in [9.17, 15) is 14.4 Å². The molecule has 0 aliphatic heterocycles. The molecule has 0 aromatic heterocycles. The van der Waals surface area contributed by atoms with E-state index in [-0.39, 0.29) is 18.9 Å². The Labute approximate surface area is 117 Å². The van der Waals surface area contributed by atoms with Crippen molar-refractivity contribution in [2.24, 2.45) is 0 Å². The van der Waals surface area contributed by atoms with Gasteiger partial charge in [0.15, 0.2) is 0 Å². The maximum atomic E-state index is 11.7. The summed E-state index contributed by atoms with van der Waals surface area (Å²) in [5.41, 5.74) is 0.470. The van der Waals surface area contributed by atoms with Gasteiger partial charge in [0.2, 0.25) is 5.91 Å². The maximum absolute atomic E-state index is 11.7. The summed E-state index contributed by atoms with van der Waals surface area (Å²) < 4.78 is 0. The second-order valence-electron chi connectivity index (χ2n) is 4.32. The highest BCUT2D eigenvalue weighted by atomic mass is 16.4. The van der Waals surface area contributed by atoms with Crippen LogP contribution in [0.4, 0.5) is 0 Å². The zero-order chi connectivity index (χ0) is 15.0. The molecule has 0 saturated heterocycles. The van der Waals surface area contributed by atoms with E-state index in [1.54, 1.807) is 37.3 Å². The number of aliphatic carboxylic acids is 1. The second kappa shape index (κ2) is 7.93. The number of nitrogens with one attached hydrogen (secondary N) is 2. The van der Waals surface area contributed by atoms with Crippen LogP contribution in [0.2, 0.25) is 0 Å². The second-order valence-corrected chi connectivity index (χ2v) is 4.32. The highest BCUT2D eigenvalue weighted by molar-refractivity contribution is 5.96. The maximum Gasteiger partial charge on any atom is 0.305 e. The monoisotopic (exact) mass is 278 g/mol. The fraction of sp³-hybridized carbons (Fsp3) is 0.357. The fourth-order valence-electron chi connectivity index (χ4n) is 1.64. The number of benzene rings is 1. The van der Waals surface area contributed by atoms with Gasteiger partial charge in [-0.15, -0.1) is 0 Å². The van der Waals surface area contributed by atoms with Crippen molar-refractivity contribution in [1.82, 2.24) is 10.6 Å². The van der Waals surface area contributed by atoms with Gasteiger partial charge in [-0.25, -0.2) is 0 Å². The summed E-state index contributed by atoms with van der Waals surface area (Å²) in [6.07, 6.45) is 0.388. The Bertz CT molecular complexity index is 473. The Morgan fingerprint density at radius 1 is 1.20 bits per heavy atom. The summed E-state index contributed by atoms with van der Waals surface area (Å²) in [4.78, 5) is 33.9. The minimum Gasteiger partial charge on any atom is -0.481 e. The lowest BCUT2D eigenvalue weighted by atomic mass is 10.1. The summed E-state index contributed by atoms with van der Waals surface area (Å²) in [5.74, 6) is -1.71. The SMILES string of the molecule is CCC(CC(=O)O)NC(=O)CNC(=O)c1ccccc1. The van der Waals surface area contributed by atoms with Crippen molar-refractivity contribution in [2.75, 3.05) is 6.54 Å². The minimum atomic E-state index is -0.967. The molecule has 0 bridgehead atoms. The number of rotatable bonds is 7. The number of hydrogen-bond acceptors (Lipinski definition) is 3. The summed E-state index contributed by atoms with van der Waals surface area (Å²) >= 11 is 0. The smallest absolute Gasteiger partial charge is 0.305 e. The molecule has 0 aliphatic carbocycles. The fourth-order valence-corrected chi connectivity index (χ4v) is 1.64. The number of hydrogen-bond donors (Lipinski definition) is 3. The van der Waals surface area contributed by atoms with E-state index in [2.05, 4.69) is 10.6 Å². The quantitative estimate of drug-likeness (QED) is 0.687. The number of carbonyl (C=O) groups excluding carboxylic acids is 2. The van der Waals surface area contributed by atoms with E-state index in [0.29, 0.717) is 12.0 Å². The Morgan fingerprint density at radius 2 is 1.85 bits per heavy atom. The Morgan fingerprint density at radius 3 is 2.40 bits per heavy atom. The van der Waals surface area contributed by atoms with Crippen LogP contribution in [-0.4, -0.2) is 35.5 Å². The summed E-state index contributed by atoms with van der Waals surface area (Å²) in [5, 5.41) is 13.7. The lowest BCUT2D eigenvalue weighted by molar-refractivity contribution is -0.137. The predicted octanol–water partition coefficient (Wildman–Crippen LogP) is 0.786. The van der Waals surface area contributed by atoms with E-state index < -0.39 is 17.9 Å². The largest absolute Gasteiger partial charge is 0.481 e. The van der Waals surface area contributed by atoms with Crippen LogP contribution in [0.25, 0.3) is 0 Å². The first kappa shape index (κ1) is 15.7. The molecule has 108 valence electrons. The molecule has 6 nitrogen and oxygen atoms in total. The topological polar surface area (TPSA) is 95.5 Å². The van der Waals surface area contributed by atoms with Crippen LogP contribution >= 0.6 is 0 Å². The molecular weight excluding hydrogens is 260 g/mol. The summed E-state index contributed by atoms with van der Waals surface area (Å²) in [6.45, 7) is 1.61. The first-order valence-electron chi connectivity index (χ1n) is 6.37. The first-order chi connectivity index (χ1) is 9.52. The number of amides is 2. The van der Waals surface area contributed by atoms with Crippen molar-refractivity contribution in [1.29, 1.82) is 0 Å². The van der Waals surface area contributed by atoms with Gasteiger partial charge >= 0.3 is 5.97 Å². The molecule has 0 heterocycles. The van der Waals surface area contributed by atoms with Crippen LogP contribution in [0.5, 0.6) is 0 Å². The molecule has 1 aromatic carbocycles. The molecular formula is C14H18N2O4. The standard InChI is InChI=1S/C14H18N2O4/c1-2-11(8-13(18)19)16-12(17)9-15-14(20)10-6-4-3-5-7-10/h3-7,11H,2,8-9H2,1H3,(H,15,20)(H,16,17)(H,18,19). The van der Waals surface area contributed by atoms with Gasteiger partial charge in [-0.1, -0.05) is 25.1 Å². The third kappa shape index (κ3) is 5.51. The number of carboxylic acid groups (broad SMARTS) is 1. The molecule has 1 atom stereocenters. The van der Waals surface area contributed by atoms with E-state index in [1.807, 2.05) is 0 Å². The molecule has 1 aromatic rings. The molecule has 3 N–H and O–H groups in total. The van der Waals surface area contributed by atoms with E-state index in [4.69, 9.17) is 5.11 Å². The minimum absolute atomic E-state index is 0.130. The van der Waals surface area contributed by atoms with Crippen LogP contribution in [0, 0.1) is 0 Å². The van der Waals surface area contributed by atoms with Gasteiger partial charge in [0.1, 0.15) is 0 Å². The highest BCUT2D eigenvalue weighted by Gasteiger charge is 2.14. The average molecular weight is 278 g/mol. The van der Waals surface area contributed by atoms with Gasteiger partial charge in [0, 0.05) is 11.6 Å². The molecule has 1 rings (SSSR count). The van der Waals surface area contributed by atoms with E-state index in [0.717, 1.165) is 0 Å². The third-order valence-corrected chi connectivity index (χ3v) is 2.72. The summed E-state index contributed by atoms with van der Waals surface area (Å²) in [7, 11) is 0. The van der Waals surface area contributed by atoms with E-state index in [1.165, 1.54) is 0 Å². The van der Waals surface area contributed by atoms with Crippen molar-refractivity contribution in [3.8, 4) is 0 Å². The van der Waals surface area contributed by atoms with Gasteiger partial charge in [-0.2, -0.15) is 0 Å². The van der Waals surface area contributed by atoms with Crippen LogP contribution in [0.1, 0.15) is 30.1 Å². The average Bonchev–Trinajstić information content (AvgIpc) is 2.44. The van der Waals surface area contributed by atoms with Gasteiger partial charge < -0.3 is 15.7 Å². The Hall–Kier alpha value is -2.37. The zero-order valence-corrected chi connectivity index (χ0v) is 11.3. The highest BCUT2D eigenvalue weighted by Crippen LogP contribution is 1.98. The van der Waals surface area contributed by atoms with Crippen molar-refractivity contribution in [3.05, 3.63) is 35.9 Å². The molecule has 6 heteroatoms. The number of carbonyl (C=O) groups is 3. The summed E-state index contributed by atoms with van der Waals surface area (Å²) in [6, 6.07) is 8.12. The Balaban J connectivity index is 2.39. The molecule has 0 radical (unpaired) electrons. The molecule has 20 heavy (non-hydrogen) atoms. The van der Waals surface area contributed by atoms with Gasteiger partial charge in [-0.05, 0) is 18.6 Å². The molecule has 0 saturated carbocycles. The van der Waals surface area contributed by atoms with Gasteiger partial charge in [0.25, 0.3) is 5.91 Å². The predicted molar refractivity (Wildman–Crippen MR) is 73.2 cm³/mol. The lowest BCUT2D eigenvalue weighted by Gasteiger charge is -2.15. The third-order valence-electron chi connectivity index (χ3n) is 2.72. The zero-order valence-electron chi connectivity index (χ0n) is 11.3. The van der Waals surface area contributed by atoms with E-state index >= 15 is 0 Å². The number of carboxylic acids is 1. The van der Waals surface area contributed by atoms with Crippen molar-refractivity contribution in [3.63, 3.8) is 0 Å². The van der Waals surface area contributed by atoms with Crippen molar-refractivity contribution in [2.45, 2.75) is 25.8 Å². The van der Waals surface area contributed by atoms with Crippen LogP contribution in [0.15, 0.2) is 30.3 Å². The molecule has 1 unspecified atom stereocenters. The van der Waals surface area contributed by atoms with Gasteiger partial charge in [0.05, 0.1) is 13.0 Å². The van der Waals surface area contributed by atoms with Crippen molar-refractivity contribution >= 4 is 17.8 Å². The first-order valence-corrected chi connectivity index (χ1v) is 6.37. The van der Waals surface area contributed by atoms with Crippen LogP contribution in [0.3, 0.4) is 0 Å². The van der Waals surface area contributed by atoms with Crippen molar-refractivity contribution < 1.29 is 19.5 Å². The molecule has 0 aliphatic rings. The molecule has 0 fully saturated rings. The van der Waals surface area contributed by atoms with Crippen LogP contribution < -0.4 is 10.6 Å². The Kier molecular flexibility index (Phi) is 6.22.